The first-order valence-electron chi connectivity index (χ1n) is 8.89. The van der Waals surface area contributed by atoms with Crippen LogP contribution in [0.4, 0.5) is 0 Å². The molecule has 6 heteroatoms. The zero-order valence-electron chi connectivity index (χ0n) is 15.4. The Morgan fingerprint density at radius 3 is 2.63 bits per heavy atom. The van der Waals surface area contributed by atoms with Gasteiger partial charge in [-0.05, 0) is 50.6 Å². The van der Waals surface area contributed by atoms with Crippen molar-refractivity contribution in [3.05, 3.63) is 71.7 Å². The SMILES string of the molecule is Cc1cc(C(=O)NCC[C@H](C)NC(=O)c2ccc3cccnc3c2)ccn1. The minimum atomic E-state index is -0.147. The first-order valence-corrected chi connectivity index (χ1v) is 8.89. The van der Waals surface area contributed by atoms with Crippen LogP contribution in [0.3, 0.4) is 0 Å². The molecule has 0 fully saturated rings. The molecule has 1 aromatic carbocycles. The van der Waals surface area contributed by atoms with E-state index in [2.05, 4.69) is 20.6 Å². The maximum absolute atomic E-state index is 12.4. The molecule has 0 saturated carbocycles. The summed E-state index contributed by atoms with van der Waals surface area (Å²) in [6.07, 6.45) is 3.96. The van der Waals surface area contributed by atoms with Crippen LogP contribution in [0.1, 0.15) is 39.8 Å². The van der Waals surface area contributed by atoms with Gasteiger partial charge in [0.05, 0.1) is 5.52 Å². The lowest BCUT2D eigenvalue weighted by molar-refractivity contribution is 0.0937. The van der Waals surface area contributed by atoms with E-state index in [1.807, 2.05) is 32.0 Å². The first-order chi connectivity index (χ1) is 13.0. The number of hydrogen-bond acceptors (Lipinski definition) is 4. The molecule has 2 heterocycles. The smallest absolute Gasteiger partial charge is 0.251 e. The molecule has 6 nitrogen and oxygen atoms in total. The zero-order valence-corrected chi connectivity index (χ0v) is 15.4. The van der Waals surface area contributed by atoms with Gasteiger partial charge in [-0.1, -0.05) is 12.1 Å². The minimum Gasteiger partial charge on any atom is -0.352 e. The van der Waals surface area contributed by atoms with Gasteiger partial charge in [-0.3, -0.25) is 19.6 Å². The number of carbonyl (C=O) groups excluding carboxylic acids is 2. The van der Waals surface area contributed by atoms with Crippen LogP contribution in [0, 0.1) is 6.92 Å². The maximum atomic E-state index is 12.4. The summed E-state index contributed by atoms with van der Waals surface area (Å²) in [6, 6.07) is 12.6. The van der Waals surface area contributed by atoms with Gasteiger partial charge in [-0.25, -0.2) is 0 Å². The Morgan fingerprint density at radius 2 is 1.81 bits per heavy atom. The Hall–Kier alpha value is -3.28. The van der Waals surface area contributed by atoms with E-state index < -0.39 is 0 Å². The van der Waals surface area contributed by atoms with Gasteiger partial charge < -0.3 is 10.6 Å². The lowest BCUT2D eigenvalue weighted by Gasteiger charge is -2.14. The van der Waals surface area contributed by atoms with Gasteiger partial charge in [0.2, 0.25) is 0 Å². The van der Waals surface area contributed by atoms with E-state index in [1.54, 1.807) is 36.7 Å². The predicted octanol–water partition coefficient (Wildman–Crippen LogP) is 2.88. The van der Waals surface area contributed by atoms with E-state index in [1.165, 1.54) is 0 Å². The van der Waals surface area contributed by atoms with Crippen molar-refractivity contribution in [3.63, 3.8) is 0 Å². The normalized spacial score (nSPS) is 11.8. The van der Waals surface area contributed by atoms with Crippen molar-refractivity contribution in [3.8, 4) is 0 Å². The quantitative estimate of drug-likeness (QED) is 0.706. The van der Waals surface area contributed by atoms with Crippen molar-refractivity contribution < 1.29 is 9.59 Å². The highest BCUT2D eigenvalue weighted by Gasteiger charge is 2.11. The Balaban J connectivity index is 1.50. The van der Waals surface area contributed by atoms with E-state index in [9.17, 15) is 9.59 Å². The number of aromatic nitrogens is 2. The molecule has 0 aliphatic heterocycles. The fourth-order valence-corrected chi connectivity index (χ4v) is 2.78. The third-order valence-electron chi connectivity index (χ3n) is 4.27. The number of pyridine rings is 2. The molecule has 0 spiro atoms. The van der Waals surface area contributed by atoms with E-state index in [0.29, 0.717) is 24.1 Å². The molecule has 1 atom stereocenters. The van der Waals surface area contributed by atoms with Crippen LogP contribution in [0.5, 0.6) is 0 Å². The molecule has 0 saturated heterocycles. The highest BCUT2D eigenvalue weighted by molar-refractivity contribution is 5.98. The Kier molecular flexibility index (Phi) is 5.76. The van der Waals surface area contributed by atoms with Crippen LogP contribution < -0.4 is 10.6 Å². The number of rotatable bonds is 6. The molecule has 27 heavy (non-hydrogen) atoms. The molecule has 138 valence electrons. The molecule has 2 amide bonds. The molecule has 0 unspecified atom stereocenters. The van der Waals surface area contributed by atoms with Gasteiger partial charge in [0, 0.05) is 47.2 Å². The molecule has 0 aliphatic rings. The second-order valence-corrected chi connectivity index (χ2v) is 6.52. The van der Waals surface area contributed by atoms with Crippen molar-refractivity contribution in [2.24, 2.45) is 0 Å². The van der Waals surface area contributed by atoms with E-state index in [0.717, 1.165) is 16.6 Å². The average Bonchev–Trinajstić information content (AvgIpc) is 2.67. The number of hydrogen-bond donors (Lipinski definition) is 2. The molecule has 3 rings (SSSR count). The van der Waals surface area contributed by atoms with E-state index in [4.69, 9.17) is 0 Å². The minimum absolute atomic E-state index is 0.0728. The Morgan fingerprint density at radius 1 is 1.00 bits per heavy atom. The predicted molar refractivity (Wildman–Crippen MR) is 105 cm³/mol. The van der Waals surface area contributed by atoms with Crippen molar-refractivity contribution in [1.82, 2.24) is 20.6 Å². The number of benzene rings is 1. The van der Waals surface area contributed by atoms with Gasteiger partial charge in [0.1, 0.15) is 0 Å². The summed E-state index contributed by atoms with van der Waals surface area (Å²) < 4.78 is 0. The summed E-state index contributed by atoms with van der Waals surface area (Å²) in [5.74, 6) is -0.286. The van der Waals surface area contributed by atoms with Gasteiger partial charge >= 0.3 is 0 Å². The number of amides is 2. The highest BCUT2D eigenvalue weighted by Crippen LogP contribution is 2.13. The summed E-state index contributed by atoms with van der Waals surface area (Å²) in [7, 11) is 0. The van der Waals surface area contributed by atoms with Crippen LogP contribution in [0.15, 0.2) is 54.9 Å². The number of aryl methyl sites for hydroxylation is 1. The summed E-state index contributed by atoms with van der Waals surface area (Å²) in [6.45, 7) is 4.23. The molecule has 2 N–H and O–H groups in total. The third kappa shape index (κ3) is 4.88. The summed E-state index contributed by atoms with van der Waals surface area (Å²) in [4.78, 5) is 32.9. The van der Waals surface area contributed by atoms with Crippen LogP contribution in [0.25, 0.3) is 10.9 Å². The standard InChI is InChI=1S/C21H22N4O2/c1-14(7-10-24-20(26)18-8-11-22-15(2)12-18)25-21(27)17-6-5-16-4-3-9-23-19(16)13-17/h3-6,8-9,11-14H,7,10H2,1-2H3,(H,24,26)(H,25,27)/t14-/m0/s1. The number of nitrogens with one attached hydrogen (secondary N) is 2. The van der Waals surface area contributed by atoms with Crippen molar-refractivity contribution in [1.29, 1.82) is 0 Å². The fraction of sp³-hybridized carbons (Fsp3) is 0.238. The third-order valence-corrected chi connectivity index (χ3v) is 4.27. The molecule has 0 radical (unpaired) electrons. The first kappa shape index (κ1) is 18.5. The largest absolute Gasteiger partial charge is 0.352 e. The average molecular weight is 362 g/mol. The van der Waals surface area contributed by atoms with Crippen LogP contribution in [-0.2, 0) is 0 Å². The number of nitrogens with zero attached hydrogens (tertiary/aromatic N) is 2. The second-order valence-electron chi connectivity index (χ2n) is 6.52. The molecule has 2 aromatic heterocycles. The van der Waals surface area contributed by atoms with Gasteiger partial charge in [0.25, 0.3) is 11.8 Å². The lowest BCUT2D eigenvalue weighted by atomic mass is 10.1. The topological polar surface area (TPSA) is 84.0 Å². The molecule has 0 aliphatic carbocycles. The monoisotopic (exact) mass is 362 g/mol. The van der Waals surface area contributed by atoms with Crippen molar-refractivity contribution in [2.45, 2.75) is 26.3 Å². The molecular formula is C21H22N4O2. The van der Waals surface area contributed by atoms with E-state index in [-0.39, 0.29) is 17.9 Å². The fourth-order valence-electron chi connectivity index (χ4n) is 2.78. The van der Waals surface area contributed by atoms with Gasteiger partial charge in [-0.2, -0.15) is 0 Å². The maximum Gasteiger partial charge on any atom is 0.251 e. The van der Waals surface area contributed by atoms with Crippen molar-refractivity contribution >= 4 is 22.7 Å². The molecule has 3 aromatic rings. The second kappa shape index (κ2) is 8.40. The zero-order chi connectivity index (χ0) is 19.2. The van der Waals surface area contributed by atoms with Crippen LogP contribution in [-0.4, -0.2) is 34.4 Å². The van der Waals surface area contributed by atoms with Crippen LogP contribution >= 0.6 is 0 Å². The Labute approximate surface area is 158 Å². The van der Waals surface area contributed by atoms with Crippen molar-refractivity contribution in [2.75, 3.05) is 6.54 Å². The Bertz CT molecular complexity index is 971. The number of fused-ring (bicyclic) bond motifs is 1. The van der Waals surface area contributed by atoms with Gasteiger partial charge in [0.15, 0.2) is 0 Å². The summed E-state index contributed by atoms with van der Waals surface area (Å²) >= 11 is 0. The highest BCUT2D eigenvalue weighted by atomic mass is 16.2. The summed E-state index contributed by atoms with van der Waals surface area (Å²) in [5, 5.41) is 6.82. The van der Waals surface area contributed by atoms with Crippen LogP contribution in [0.2, 0.25) is 0 Å². The summed E-state index contributed by atoms with van der Waals surface area (Å²) in [5.41, 5.74) is 2.75. The number of carbonyl (C=O) groups is 2. The molecule has 0 bridgehead atoms. The lowest BCUT2D eigenvalue weighted by Crippen LogP contribution is -2.36. The van der Waals surface area contributed by atoms with E-state index >= 15 is 0 Å². The molecular weight excluding hydrogens is 340 g/mol. The van der Waals surface area contributed by atoms with Gasteiger partial charge in [-0.15, -0.1) is 0 Å².